The van der Waals surface area contributed by atoms with Crippen LogP contribution in [0.1, 0.15) is 43.5 Å². The van der Waals surface area contributed by atoms with Crippen LogP contribution in [0.25, 0.3) is 11.0 Å². The van der Waals surface area contributed by atoms with Gasteiger partial charge in [-0.05, 0) is 62.6 Å². The van der Waals surface area contributed by atoms with Crippen molar-refractivity contribution in [3.8, 4) is 11.5 Å². The molecule has 1 saturated heterocycles. The summed E-state index contributed by atoms with van der Waals surface area (Å²) in [4.78, 5) is 20.0. The number of imidazole rings is 1. The maximum absolute atomic E-state index is 13.1. The number of benzene rings is 3. The minimum atomic E-state index is 0.0304. The first-order valence-electron chi connectivity index (χ1n) is 12.8. The Labute approximate surface area is 212 Å². The fourth-order valence-corrected chi connectivity index (χ4v) is 4.98. The van der Waals surface area contributed by atoms with Crippen molar-refractivity contribution in [1.29, 1.82) is 0 Å². The van der Waals surface area contributed by atoms with Gasteiger partial charge in [0.2, 0.25) is 5.91 Å². The van der Waals surface area contributed by atoms with Gasteiger partial charge in [0.15, 0.2) is 0 Å². The third-order valence-electron chi connectivity index (χ3n) is 6.76. The van der Waals surface area contributed by atoms with Crippen LogP contribution in [0.2, 0.25) is 0 Å². The molecule has 1 aromatic heterocycles. The predicted molar refractivity (Wildman–Crippen MR) is 143 cm³/mol. The first kappa shape index (κ1) is 23.9. The molecule has 6 nitrogen and oxygen atoms in total. The summed E-state index contributed by atoms with van der Waals surface area (Å²) in [5.74, 6) is 2.82. The van der Waals surface area contributed by atoms with Crippen molar-refractivity contribution >= 4 is 22.6 Å². The van der Waals surface area contributed by atoms with Crippen LogP contribution in [0, 0.1) is 6.92 Å². The molecule has 6 heteroatoms. The average molecular weight is 484 g/mol. The van der Waals surface area contributed by atoms with Crippen molar-refractivity contribution in [2.45, 2.75) is 45.6 Å². The lowest BCUT2D eigenvalue weighted by atomic mass is 10.1. The van der Waals surface area contributed by atoms with Crippen LogP contribution >= 0.6 is 0 Å². The standard InChI is InChI=1S/C30H33N3O3/c1-3-35-28-17-9-7-15-26(28)33-21-23(20-29(33)34)30-31-24-13-5-6-14-25(24)32(30)18-10-11-19-36-27-16-8-4-12-22(27)2/h4-9,12-17,23H,3,10-11,18-21H2,1-2H3. The number of unbranched alkanes of at least 4 members (excludes halogenated alkanes) is 1. The summed E-state index contributed by atoms with van der Waals surface area (Å²) in [6.45, 7) is 6.70. The number of aryl methyl sites for hydroxylation is 2. The number of hydrogen-bond acceptors (Lipinski definition) is 4. The fraction of sp³-hybridized carbons (Fsp3) is 0.333. The monoisotopic (exact) mass is 483 g/mol. The Balaban J connectivity index is 1.31. The summed E-state index contributed by atoms with van der Waals surface area (Å²) in [5, 5.41) is 0. The summed E-state index contributed by atoms with van der Waals surface area (Å²) >= 11 is 0. The van der Waals surface area contributed by atoms with Crippen LogP contribution in [-0.4, -0.2) is 35.2 Å². The second kappa shape index (κ2) is 10.9. The first-order valence-corrected chi connectivity index (χ1v) is 12.8. The molecule has 0 radical (unpaired) electrons. The maximum atomic E-state index is 13.1. The third kappa shape index (κ3) is 4.94. The number of anilines is 1. The molecule has 0 N–H and O–H groups in total. The molecule has 1 aliphatic rings. The Morgan fingerprint density at radius 3 is 2.50 bits per heavy atom. The van der Waals surface area contributed by atoms with Crippen LogP contribution in [-0.2, 0) is 11.3 Å². The molecule has 0 saturated carbocycles. The number of hydrogen-bond donors (Lipinski definition) is 0. The largest absolute Gasteiger partial charge is 0.493 e. The van der Waals surface area contributed by atoms with Gasteiger partial charge in [-0.15, -0.1) is 0 Å². The molecule has 5 rings (SSSR count). The van der Waals surface area contributed by atoms with Gasteiger partial charge in [0.1, 0.15) is 17.3 Å². The van der Waals surface area contributed by atoms with Gasteiger partial charge < -0.3 is 18.9 Å². The van der Waals surface area contributed by atoms with Gasteiger partial charge in [-0.25, -0.2) is 4.98 Å². The van der Waals surface area contributed by atoms with E-state index in [0.717, 1.165) is 59.0 Å². The molecule has 1 unspecified atom stereocenters. The van der Waals surface area contributed by atoms with Crippen molar-refractivity contribution in [3.05, 3.63) is 84.2 Å². The number of amides is 1. The second-order valence-corrected chi connectivity index (χ2v) is 9.24. The minimum absolute atomic E-state index is 0.0304. The van der Waals surface area contributed by atoms with Crippen molar-refractivity contribution in [3.63, 3.8) is 0 Å². The molecule has 2 heterocycles. The minimum Gasteiger partial charge on any atom is -0.493 e. The van der Waals surface area contributed by atoms with Gasteiger partial charge in [0.25, 0.3) is 0 Å². The fourth-order valence-electron chi connectivity index (χ4n) is 4.98. The quantitative estimate of drug-likeness (QED) is 0.255. The van der Waals surface area contributed by atoms with Gasteiger partial charge in [0, 0.05) is 25.4 Å². The zero-order valence-electron chi connectivity index (χ0n) is 21.0. The van der Waals surface area contributed by atoms with E-state index < -0.39 is 0 Å². The first-order chi connectivity index (χ1) is 17.7. The average Bonchev–Trinajstić information content (AvgIpc) is 3.46. The molecule has 0 spiro atoms. The zero-order valence-corrected chi connectivity index (χ0v) is 21.0. The molecule has 1 amide bonds. The van der Waals surface area contributed by atoms with Crippen LogP contribution in [0.3, 0.4) is 0 Å². The topological polar surface area (TPSA) is 56.6 Å². The molecule has 186 valence electrons. The number of carbonyl (C=O) groups is 1. The summed E-state index contributed by atoms with van der Waals surface area (Å²) in [6, 6.07) is 24.1. The van der Waals surface area contributed by atoms with Gasteiger partial charge in [-0.3, -0.25) is 4.79 Å². The van der Waals surface area contributed by atoms with E-state index in [1.807, 2.05) is 60.4 Å². The lowest BCUT2D eigenvalue weighted by molar-refractivity contribution is -0.117. The highest BCUT2D eigenvalue weighted by molar-refractivity contribution is 5.97. The molecule has 1 atom stereocenters. The number of rotatable bonds is 10. The SMILES string of the molecule is CCOc1ccccc1N1CC(c2nc3ccccc3n2CCCCOc2ccccc2C)CC1=O. The highest BCUT2D eigenvalue weighted by atomic mass is 16.5. The summed E-state index contributed by atoms with van der Waals surface area (Å²) in [5.41, 5.74) is 4.09. The van der Waals surface area contributed by atoms with Gasteiger partial charge in [0.05, 0.1) is 29.9 Å². The van der Waals surface area contributed by atoms with Crippen molar-refractivity contribution in [2.24, 2.45) is 0 Å². The highest BCUT2D eigenvalue weighted by Crippen LogP contribution is 2.37. The second-order valence-electron chi connectivity index (χ2n) is 9.24. The number of carbonyl (C=O) groups excluding carboxylic acids is 1. The Morgan fingerprint density at radius 2 is 1.67 bits per heavy atom. The molecular weight excluding hydrogens is 450 g/mol. The molecule has 1 aliphatic heterocycles. The molecule has 3 aromatic carbocycles. The van der Waals surface area contributed by atoms with E-state index in [4.69, 9.17) is 14.5 Å². The molecule has 1 fully saturated rings. The van der Waals surface area contributed by atoms with Gasteiger partial charge >= 0.3 is 0 Å². The molecule has 36 heavy (non-hydrogen) atoms. The molecule has 0 bridgehead atoms. The Morgan fingerprint density at radius 1 is 0.917 bits per heavy atom. The summed E-state index contributed by atoms with van der Waals surface area (Å²) < 4.78 is 14.1. The van der Waals surface area contributed by atoms with Crippen LogP contribution in [0.15, 0.2) is 72.8 Å². The summed E-state index contributed by atoms with van der Waals surface area (Å²) in [7, 11) is 0. The maximum Gasteiger partial charge on any atom is 0.227 e. The van der Waals surface area contributed by atoms with E-state index in [1.54, 1.807) is 0 Å². The Bertz CT molecular complexity index is 1350. The van der Waals surface area contributed by atoms with E-state index in [2.05, 4.69) is 35.8 Å². The van der Waals surface area contributed by atoms with E-state index >= 15 is 0 Å². The molecular formula is C30H33N3O3. The highest BCUT2D eigenvalue weighted by Gasteiger charge is 2.35. The van der Waals surface area contributed by atoms with E-state index in [9.17, 15) is 4.79 Å². The Kier molecular flexibility index (Phi) is 7.21. The van der Waals surface area contributed by atoms with E-state index in [1.165, 1.54) is 0 Å². The van der Waals surface area contributed by atoms with Crippen molar-refractivity contribution < 1.29 is 14.3 Å². The predicted octanol–water partition coefficient (Wildman–Crippen LogP) is 6.12. The van der Waals surface area contributed by atoms with Crippen molar-refractivity contribution in [2.75, 3.05) is 24.7 Å². The van der Waals surface area contributed by atoms with Gasteiger partial charge in [-0.2, -0.15) is 0 Å². The van der Waals surface area contributed by atoms with Crippen LogP contribution in [0.4, 0.5) is 5.69 Å². The molecule has 4 aromatic rings. The summed E-state index contributed by atoms with van der Waals surface area (Å²) in [6.07, 6.45) is 2.36. The molecule has 0 aliphatic carbocycles. The van der Waals surface area contributed by atoms with E-state index in [0.29, 0.717) is 26.2 Å². The number of fused-ring (bicyclic) bond motifs is 1. The third-order valence-corrected chi connectivity index (χ3v) is 6.76. The number of nitrogens with zero attached hydrogens (tertiary/aromatic N) is 3. The normalized spacial score (nSPS) is 15.6. The van der Waals surface area contributed by atoms with Crippen LogP contribution < -0.4 is 14.4 Å². The van der Waals surface area contributed by atoms with Crippen molar-refractivity contribution in [1.82, 2.24) is 9.55 Å². The lowest BCUT2D eigenvalue weighted by Gasteiger charge is -2.20. The smallest absolute Gasteiger partial charge is 0.227 e. The van der Waals surface area contributed by atoms with Gasteiger partial charge in [-0.1, -0.05) is 42.5 Å². The lowest BCUT2D eigenvalue weighted by Crippen LogP contribution is -2.25. The zero-order chi connectivity index (χ0) is 24.9. The number of aromatic nitrogens is 2. The number of para-hydroxylation sites is 5. The Hall–Kier alpha value is -3.80. The van der Waals surface area contributed by atoms with Crippen LogP contribution in [0.5, 0.6) is 11.5 Å². The van der Waals surface area contributed by atoms with E-state index in [-0.39, 0.29) is 11.8 Å². The number of ether oxygens (including phenoxy) is 2.